The second kappa shape index (κ2) is 4.31. The summed E-state index contributed by atoms with van der Waals surface area (Å²) in [6.45, 7) is 6.85. The molecule has 1 aromatic rings. The maximum absolute atomic E-state index is 11.6. The number of hydrogen-bond acceptors (Lipinski definition) is 2. The zero-order valence-corrected chi connectivity index (χ0v) is 9.08. The summed E-state index contributed by atoms with van der Waals surface area (Å²) in [4.78, 5) is 11.6. The highest BCUT2D eigenvalue weighted by Gasteiger charge is 2.06. The van der Waals surface area contributed by atoms with Crippen molar-refractivity contribution < 1.29 is 0 Å². The Bertz CT molecular complexity index is 366. The number of aryl methyl sites for hydroxylation is 1. The van der Waals surface area contributed by atoms with Crippen LogP contribution in [0.1, 0.15) is 38.7 Å². The van der Waals surface area contributed by atoms with Gasteiger partial charge in [-0.15, -0.1) is 0 Å². The van der Waals surface area contributed by atoms with Gasteiger partial charge < -0.3 is 10.3 Å². The van der Waals surface area contributed by atoms with E-state index < -0.39 is 0 Å². The fraction of sp³-hybridized carbons (Fsp3) is 0.545. The van der Waals surface area contributed by atoms with Crippen molar-refractivity contribution in [2.75, 3.05) is 5.73 Å². The molecule has 0 bridgehead atoms. The van der Waals surface area contributed by atoms with Crippen LogP contribution in [0.3, 0.4) is 0 Å². The van der Waals surface area contributed by atoms with E-state index in [-0.39, 0.29) is 5.56 Å². The van der Waals surface area contributed by atoms with E-state index in [1.54, 1.807) is 16.8 Å². The van der Waals surface area contributed by atoms with Crippen LogP contribution in [0.2, 0.25) is 0 Å². The Balaban J connectivity index is 3.17. The van der Waals surface area contributed by atoms with Crippen LogP contribution in [-0.4, -0.2) is 4.57 Å². The third-order valence-electron chi connectivity index (χ3n) is 2.28. The smallest absolute Gasteiger partial charge is 0.250 e. The highest BCUT2D eigenvalue weighted by Crippen LogP contribution is 2.18. The predicted molar refractivity (Wildman–Crippen MR) is 59.5 cm³/mol. The van der Waals surface area contributed by atoms with Gasteiger partial charge in [0.05, 0.1) is 5.69 Å². The Kier molecular flexibility index (Phi) is 3.33. The average Bonchev–Trinajstić information content (AvgIpc) is 2.10. The van der Waals surface area contributed by atoms with Gasteiger partial charge >= 0.3 is 0 Å². The number of nitrogens with zero attached hydrogens (tertiary/aromatic N) is 1. The van der Waals surface area contributed by atoms with Crippen LogP contribution >= 0.6 is 0 Å². The number of aromatic nitrogens is 1. The quantitative estimate of drug-likeness (QED) is 0.799. The molecule has 14 heavy (non-hydrogen) atoms. The van der Waals surface area contributed by atoms with Gasteiger partial charge in [0, 0.05) is 18.8 Å². The monoisotopic (exact) mass is 194 g/mol. The lowest BCUT2D eigenvalue weighted by atomic mass is 10.0. The van der Waals surface area contributed by atoms with E-state index in [0.29, 0.717) is 11.6 Å². The van der Waals surface area contributed by atoms with Crippen LogP contribution in [0.4, 0.5) is 5.69 Å². The van der Waals surface area contributed by atoms with E-state index in [0.717, 1.165) is 18.5 Å². The van der Waals surface area contributed by atoms with E-state index in [1.165, 1.54) is 0 Å². The Morgan fingerprint density at radius 3 is 2.64 bits per heavy atom. The van der Waals surface area contributed by atoms with Crippen molar-refractivity contribution >= 4 is 5.69 Å². The van der Waals surface area contributed by atoms with Crippen molar-refractivity contribution in [1.29, 1.82) is 0 Å². The summed E-state index contributed by atoms with van der Waals surface area (Å²) >= 11 is 0. The van der Waals surface area contributed by atoms with Crippen molar-refractivity contribution in [2.45, 2.75) is 39.7 Å². The molecule has 3 heteroatoms. The Morgan fingerprint density at radius 2 is 2.14 bits per heavy atom. The molecule has 0 aliphatic rings. The van der Waals surface area contributed by atoms with E-state index in [1.807, 2.05) is 20.8 Å². The molecule has 78 valence electrons. The Hall–Kier alpha value is -1.25. The molecule has 0 aliphatic heterocycles. The molecule has 0 unspecified atom stereocenters. The molecule has 0 aromatic carbocycles. The van der Waals surface area contributed by atoms with Crippen molar-refractivity contribution in [2.24, 2.45) is 0 Å². The molecule has 0 atom stereocenters. The molecule has 1 aromatic heterocycles. The molecule has 0 saturated heterocycles. The standard InChI is InChI=1S/C11H18N2O/c1-4-5-13-7-10(12)9(8(2)3)6-11(13)14/h6-8H,4-5,12H2,1-3H3. The molecule has 0 fully saturated rings. The fourth-order valence-electron chi connectivity index (χ4n) is 1.52. The van der Waals surface area contributed by atoms with E-state index in [9.17, 15) is 4.79 Å². The zero-order chi connectivity index (χ0) is 10.7. The minimum Gasteiger partial charge on any atom is -0.397 e. The van der Waals surface area contributed by atoms with Gasteiger partial charge in [-0.05, 0) is 17.9 Å². The summed E-state index contributed by atoms with van der Waals surface area (Å²) in [5, 5.41) is 0. The lowest BCUT2D eigenvalue weighted by molar-refractivity contribution is 0.651. The minimum atomic E-state index is 0.0461. The molecule has 0 aliphatic carbocycles. The molecule has 1 heterocycles. The van der Waals surface area contributed by atoms with Gasteiger partial charge in [-0.25, -0.2) is 0 Å². The summed E-state index contributed by atoms with van der Waals surface area (Å²) in [5.74, 6) is 0.305. The molecular weight excluding hydrogens is 176 g/mol. The highest BCUT2D eigenvalue weighted by molar-refractivity contribution is 5.45. The first-order chi connectivity index (χ1) is 6.56. The summed E-state index contributed by atoms with van der Waals surface area (Å²) < 4.78 is 1.67. The number of anilines is 1. The normalized spacial score (nSPS) is 10.9. The first-order valence-corrected chi connectivity index (χ1v) is 5.06. The third kappa shape index (κ3) is 2.16. The lowest BCUT2D eigenvalue weighted by Gasteiger charge is -2.11. The third-order valence-corrected chi connectivity index (χ3v) is 2.28. The number of hydrogen-bond donors (Lipinski definition) is 1. The molecule has 2 N–H and O–H groups in total. The van der Waals surface area contributed by atoms with Gasteiger partial charge in [0.25, 0.3) is 5.56 Å². The second-order valence-electron chi connectivity index (χ2n) is 3.87. The topological polar surface area (TPSA) is 48.0 Å². The van der Waals surface area contributed by atoms with Crippen molar-refractivity contribution in [3.63, 3.8) is 0 Å². The second-order valence-corrected chi connectivity index (χ2v) is 3.87. The average molecular weight is 194 g/mol. The zero-order valence-electron chi connectivity index (χ0n) is 9.08. The highest BCUT2D eigenvalue weighted by atomic mass is 16.1. The first kappa shape index (κ1) is 10.8. The van der Waals surface area contributed by atoms with Crippen molar-refractivity contribution in [3.8, 4) is 0 Å². The number of rotatable bonds is 3. The van der Waals surface area contributed by atoms with E-state index >= 15 is 0 Å². The van der Waals surface area contributed by atoms with Gasteiger partial charge in [-0.3, -0.25) is 4.79 Å². The number of nitrogen functional groups attached to an aromatic ring is 1. The van der Waals surface area contributed by atoms with Crippen LogP contribution in [0.25, 0.3) is 0 Å². The molecular formula is C11H18N2O. The van der Waals surface area contributed by atoms with E-state index in [2.05, 4.69) is 0 Å². The molecule has 3 nitrogen and oxygen atoms in total. The summed E-state index contributed by atoms with van der Waals surface area (Å²) in [6, 6.07) is 1.65. The van der Waals surface area contributed by atoms with Crippen LogP contribution < -0.4 is 11.3 Å². The first-order valence-electron chi connectivity index (χ1n) is 5.06. The molecule has 1 rings (SSSR count). The van der Waals surface area contributed by atoms with Gasteiger partial charge in [-0.1, -0.05) is 20.8 Å². The summed E-state index contributed by atoms with van der Waals surface area (Å²) in [7, 11) is 0. The number of nitrogens with two attached hydrogens (primary N) is 1. The van der Waals surface area contributed by atoms with E-state index in [4.69, 9.17) is 5.73 Å². The molecule has 0 spiro atoms. The van der Waals surface area contributed by atoms with Gasteiger partial charge in [0.2, 0.25) is 0 Å². The SMILES string of the molecule is CCCn1cc(N)c(C(C)C)cc1=O. The summed E-state index contributed by atoms with van der Waals surface area (Å²) in [6.07, 6.45) is 2.70. The summed E-state index contributed by atoms with van der Waals surface area (Å²) in [5.41, 5.74) is 7.57. The number of pyridine rings is 1. The van der Waals surface area contributed by atoms with Crippen molar-refractivity contribution in [1.82, 2.24) is 4.57 Å². The lowest BCUT2D eigenvalue weighted by Crippen LogP contribution is -2.20. The predicted octanol–water partition coefficient (Wildman–Crippen LogP) is 1.96. The van der Waals surface area contributed by atoms with Crippen LogP contribution in [0.5, 0.6) is 0 Å². The van der Waals surface area contributed by atoms with Crippen LogP contribution in [0.15, 0.2) is 17.1 Å². The van der Waals surface area contributed by atoms with Crippen LogP contribution in [-0.2, 0) is 6.54 Å². The molecule has 0 saturated carbocycles. The largest absolute Gasteiger partial charge is 0.397 e. The Morgan fingerprint density at radius 1 is 1.50 bits per heavy atom. The molecule has 0 amide bonds. The van der Waals surface area contributed by atoms with Crippen molar-refractivity contribution in [3.05, 3.63) is 28.2 Å². The van der Waals surface area contributed by atoms with Gasteiger partial charge in [0.1, 0.15) is 0 Å². The van der Waals surface area contributed by atoms with Crippen LogP contribution in [0, 0.1) is 0 Å². The van der Waals surface area contributed by atoms with Gasteiger partial charge in [0.15, 0.2) is 0 Å². The maximum atomic E-state index is 11.6. The molecule has 0 radical (unpaired) electrons. The maximum Gasteiger partial charge on any atom is 0.250 e. The van der Waals surface area contributed by atoms with Gasteiger partial charge in [-0.2, -0.15) is 0 Å². The Labute approximate surface area is 84.6 Å². The fourth-order valence-corrected chi connectivity index (χ4v) is 1.52. The minimum absolute atomic E-state index is 0.0461.